The van der Waals surface area contributed by atoms with Gasteiger partial charge in [0.2, 0.25) is 0 Å². The summed E-state index contributed by atoms with van der Waals surface area (Å²) in [6.45, 7) is 0. The minimum Gasteiger partial charge on any atom is -0.309 e. The number of fused-ring (bicyclic) bond motifs is 6. The van der Waals surface area contributed by atoms with Crippen LogP contribution in [0.5, 0.6) is 0 Å². The zero-order valence-electron chi connectivity index (χ0n) is 24.1. The van der Waals surface area contributed by atoms with Crippen LogP contribution in [-0.2, 0) is 0 Å². The molecule has 0 aliphatic heterocycles. The van der Waals surface area contributed by atoms with Gasteiger partial charge < -0.3 is 9.13 Å². The molecule has 2 heterocycles. The van der Waals surface area contributed by atoms with Crippen molar-refractivity contribution in [2.45, 2.75) is 0 Å². The molecule has 0 unspecified atom stereocenters. The molecular weight excluding hydrogens is 532 g/mol. The van der Waals surface area contributed by atoms with E-state index in [2.05, 4.69) is 179 Å². The lowest BCUT2D eigenvalue weighted by molar-refractivity contribution is 1.18. The van der Waals surface area contributed by atoms with Gasteiger partial charge in [-0.3, -0.25) is 0 Å². The van der Waals surface area contributed by atoms with E-state index in [4.69, 9.17) is 0 Å². The van der Waals surface area contributed by atoms with Crippen molar-refractivity contribution in [1.82, 2.24) is 9.13 Å². The van der Waals surface area contributed by atoms with Crippen molar-refractivity contribution in [2.75, 3.05) is 0 Å². The van der Waals surface area contributed by atoms with E-state index in [0.29, 0.717) is 0 Å². The SMILES string of the molecule is c1ccc(-n2c3ccccc3c3ccc(-c4ccc(-c5cccc6c5c5ccccc5n6-c5ccccc5)cc4)cc32)cc1. The normalized spacial score (nSPS) is 11.6. The molecule has 0 saturated carbocycles. The van der Waals surface area contributed by atoms with Crippen molar-refractivity contribution >= 4 is 43.6 Å². The van der Waals surface area contributed by atoms with Crippen LogP contribution in [0.3, 0.4) is 0 Å². The first-order valence-corrected chi connectivity index (χ1v) is 15.1. The van der Waals surface area contributed by atoms with Gasteiger partial charge in [0.05, 0.1) is 22.1 Å². The van der Waals surface area contributed by atoms with Gasteiger partial charge in [-0.2, -0.15) is 0 Å². The largest absolute Gasteiger partial charge is 0.309 e. The van der Waals surface area contributed by atoms with E-state index in [9.17, 15) is 0 Å². The fourth-order valence-electron chi connectivity index (χ4n) is 6.96. The summed E-state index contributed by atoms with van der Waals surface area (Å²) in [4.78, 5) is 0. The Morgan fingerprint density at radius 2 is 0.795 bits per heavy atom. The predicted octanol–water partition coefficient (Wildman–Crippen LogP) is 11.2. The number of hydrogen-bond donors (Lipinski definition) is 0. The highest BCUT2D eigenvalue weighted by molar-refractivity contribution is 6.16. The van der Waals surface area contributed by atoms with Crippen molar-refractivity contribution in [1.29, 1.82) is 0 Å². The zero-order valence-corrected chi connectivity index (χ0v) is 24.1. The zero-order chi connectivity index (χ0) is 29.0. The van der Waals surface area contributed by atoms with Crippen LogP contribution in [0.1, 0.15) is 0 Å². The van der Waals surface area contributed by atoms with E-state index in [1.807, 2.05) is 0 Å². The molecule has 0 bridgehead atoms. The van der Waals surface area contributed by atoms with Crippen LogP contribution in [0.15, 0.2) is 170 Å². The number of aromatic nitrogens is 2. The average molecular weight is 561 g/mol. The van der Waals surface area contributed by atoms with Gasteiger partial charge in [0.1, 0.15) is 0 Å². The predicted molar refractivity (Wildman–Crippen MR) is 186 cm³/mol. The van der Waals surface area contributed by atoms with Crippen LogP contribution in [0.2, 0.25) is 0 Å². The summed E-state index contributed by atoms with van der Waals surface area (Å²) in [6.07, 6.45) is 0. The van der Waals surface area contributed by atoms with Crippen molar-refractivity contribution in [3.8, 4) is 33.6 Å². The third-order valence-electron chi connectivity index (χ3n) is 8.93. The van der Waals surface area contributed by atoms with Crippen LogP contribution in [-0.4, -0.2) is 9.13 Å². The van der Waals surface area contributed by atoms with Gasteiger partial charge in [-0.05, 0) is 70.8 Å². The van der Waals surface area contributed by atoms with Crippen LogP contribution in [0.4, 0.5) is 0 Å². The van der Waals surface area contributed by atoms with E-state index in [0.717, 1.165) is 0 Å². The van der Waals surface area contributed by atoms with E-state index in [1.165, 1.54) is 77.2 Å². The standard InChI is InChI=1S/C42H28N2/c1-3-12-32(13-4-1)43-39-20-10-8-17-37(39)42-34(18-11-21-40(42)43)30-24-22-29(23-25-30)31-26-27-36-35-16-7-9-19-38(35)44(41(36)28-31)33-14-5-2-6-15-33/h1-28H. The molecule has 206 valence electrons. The molecule has 9 aromatic rings. The first kappa shape index (κ1) is 24.7. The molecule has 9 rings (SSSR count). The van der Waals surface area contributed by atoms with Crippen molar-refractivity contribution < 1.29 is 0 Å². The number of nitrogens with zero attached hydrogens (tertiary/aromatic N) is 2. The first-order chi connectivity index (χ1) is 21.8. The average Bonchev–Trinajstić information content (AvgIpc) is 3.62. The molecule has 0 fully saturated rings. The summed E-state index contributed by atoms with van der Waals surface area (Å²) < 4.78 is 4.76. The number of hydrogen-bond acceptors (Lipinski definition) is 0. The van der Waals surface area contributed by atoms with Gasteiger partial charge in [-0.25, -0.2) is 0 Å². The van der Waals surface area contributed by atoms with Gasteiger partial charge in [0.15, 0.2) is 0 Å². The fourth-order valence-corrected chi connectivity index (χ4v) is 6.96. The lowest BCUT2D eigenvalue weighted by Crippen LogP contribution is -1.93. The Labute approximate surface area is 255 Å². The van der Waals surface area contributed by atoms with Gasteiger partial charge in [0, 0.05) is 32.9 Å². The summed E-state index contributed by atoms with van der Waals surface area (Å²) in [7, 11) is 0. The number of benzene rings is 7. The van der Waals surface area contributed by atoms with Crippen molar-refractivity contribution in [3.63, 3.8) is 0 Å². The summed E-state index contributed by atoms with van der Waals surface area (Å²) >= 11 is 0. The maximum atomic E-state index is 2.38. The van der Waals surface area contributed by atoms with E-state index >= 15 is 0 Å². The first-order valence-electron chi connectivity index (χ1n) is 15.1. The van der Waals surface area contributed by atoms with Crippen LogP contribution in [0.25, 0.3) is 77.2 Å². The summed E-state index contributed by atoms with van der Waals surface area (Å²) in [5.41, 5.74) is 12.1. The molecule has 0 spiro atoms. The molecule has 2 nitrogen and oxygen atoms in total. The topological polar surface area (TPSA) is 9.86 Å². The highest BCUT2D eigenvalue weighted by Gasteiger charge is 2.16. The monoisotopic (exact) mass is 560 g/mol. The molecule has 2 aromatic heterocycles. The molecule has 0 amide bonds. The quantitative estimate of drug-likeness (QED) is 0.203. The second-order valence-electron chi connectivity index (χ2n) is 11.4. The minimum absolute atomic E-state index is 1.17. The molecule has 0 aliphatic rings. The Morgan fingerprint density at radius 3 is 1.50 bits per heavy atom. The Kier molecular flexibility index (Phi) is 5.54. The molecule has 0 radical (unpaired) electrons. The molecular formula is C42H28N2. The third-order valence-corrected chi connectivity index (χ3v) is 8.93. The number of para-hydroxylation sites is 4. The van der Waals surface area contributed by atoms with E-state index in [1.54, 1.807) is 0 Å². The van der Waals surface area contributed by atoms with E-state index in [-0.39, 0.29) is 0 Å². The lowest BCUT2D eigenvalue weighted by Gasteiger charge is -2.10. The fraction of sp³-hybridized carbons (Fsp3) is 0. The summed E-state index contributed by atoms with van der Waals surface area (Å²) in [5, 5.41) is 5.10. The van der Waals surface area contributed by atoms with Crippen molar-refractivity contribution in [2.24, 2.45) is 0 Å². The Balaban J connectivity index is 1.19. The molecule has 0 saturated heterocycles. The third kappa shape index (κ3) is 3.75. The smallest absolute Gasteiger partial charge is 0.0547 e. The van der Waals surface area contributed by atoms with Gasteiger partial charge in [-0.15, -0.1) is 0 Å². The minimum atomic E-state index is 1.17. The lowest BCUT2D eigenvalue weighted by atomic mass is 9.96. The molecule has 0 N–H and O–H groups in total. The van der Waals surface area contributed by atoms with Crippen LogP contribution < -0.4 is 0 Å². The number of rotatable bonds is 4. The van der Waals surface area contributed by atoms with Crippen LogP contribution >= 0.6 is 0 Å². The van der Waals surface area contributed by atoms with Gasteiger partial charge in [0.25, 0.3) is 0 Å². The van der Waals surface area contributed by atoms with Gasteiger partial charge >= 0.3 is 0 Å². The summed E-state index contributed by atoms with van der Waals surface area (Å²) in [6, 6.07) is 61.4. The second kappa shape index (κ2) is 9.86. The Hall–Kier alpha value is -5.86. The highest BCUT2D eigenvalue weighted by Crippen LogP contribution is 2.39. The van der Waals surface area contributed by atoms with Crippen LogP contribution in [0, 0.1) is 0 Å². The molecule has 0 atom stereocenters. The molecule has 2 heteroatoms. The van der Waals surface area contributed by atoms with E-state index < -0.39 is 0 Å². The second-order valence-corrected chi connectivity index (χ2v) is 11.4. The van der Waals surface area contributed by atoms with Gasteiger partial charge in [-0.1, -0.05) is 121 Å². The summed E-state index contributed by atoms with van der Waals surface area (Å²) in [5.74, 6) is 0. The molecule has 44 heavy (non-hydrogen) atoms. The maximum absolute atomic E-state index is 2.38. The van der Waals surface area contributed by atoms with Crippen molar-refractivity contribution in [3.05, 3.63) is 170 Å². The molecule has 7 aromatic carbocycles. The molecule has 0 aliphatic carbocycles. The Morgan fingerprint density at radius 1 is 0.295 bits per heavy atom. The highest BCUT2D eigenvalue weighted by atomic mass is 15.0. The maximum Gasteiger partial charge on any atom is 0.0547 e. The Bertz CT molecular complexity index is 2460.